The molecular weight excluding hydrogens is 478 g/mol. The summed E-state index contributed by atoms with van der Waals surface area (Å²) in [5.74, 6) is 0.198. The third-order valence-corrected chi connectivity index (χ3v) is 8.05. The number of aromatic nitrogens is 3. The average molecular weight is 504 g/mol. The summed E-state index contributed by atoms with van der Waals surface area (Å²) in [5, 5.41) is 18.1. The maximum Gasteiger partial charge on any atom is 0.318 e. The van der Waals surface area contributed by atoms with Gasteiger partial charge >= 0.3 is 6.03 Å². The lowest BCUT2D eigenvalue weighted by atomic mass is 9.72. The van der Waals surface area contributed by atoms with E-state index in [1.807, 2.05) is 39.9 Å². The molecule has 1 aliphatic carbocycles. The third-order valence-electron chi connectivity index (χ3n) is 7.72. The Morgan fingerprint density at radius 1 is 1.22 bits per heavy atom. The van der Waals surface area contributed by atoms with Crippen LogP contribution in [0.3, 0.4) is 0 Å². The average Bonchev–Trinajstić information content (AvgIpc) is 3.49. The van der Waals surface area contributed by atoms with E-state index in [0.29, 0.717) is 48.9 Å². The number of urea groups is 1. The number of anilines is 1. The molecule has 3 aliphatic rings. The van der Waals surface area contributed by atoms with Gasteiger partial charge in [-0.1, -0.05) is 29.8 Å². The maximum absolute atomic E-state index is 13.4. The van der Waals surface area contributed by atoms with Gasteiger partial charge in [-0.25, -0.2) is 9.78 Å². The van der Waals surface area contributed by atoms with Crippen molar-refractivity contribution < 1.29 is 9.53 Å². The fourth-order valence-corrected chi connectivity index (χ4v) is 5.93. The number of amides is 2. The minimum atomic E-state index is -0.628. The molecule has 2 aliphatic heterocycles. The molecule has 10 heteroatoms. The topological polar surface area (TPSA) is 122 Å². The summed E-state index contributed by atoms with van der Waals surface area (Å²) in [6.07, 6.45) is 5.09. The van der Waals surface area contributed by atoms with Crippen molar-refractivity contribution in [3.63, 3.8) is 0 Å². The Labute approximate surface area is 213 Å². The number of nitrogen functional groups attached to an aromatic ring is 1. The summed E-state index contributed by atoms with van der Waals surface area (Å²) in [4.78, 5) is 19.4. The van der Waals surface area contributed by atoms with Gasteiger partial charge in [0.15, 0.2) is 0 Å². The number of pyridine rings is 1. The van der Waals surface area contributed by atoms with E-state index >= 15 is 0 Å². The summed E-state index contributed by atoms with van der Waals surface area (Å²) in [6, 6.07) is 13.4. The van der Waals surface area contributed by atoms with Crippen LogP contribution in [-0.2, 0) is 22.4 Å². The van der Waals surface area contributed by atoms with Gasteiger partial charge in [0.1, 0.15) is 17.5 Å². The molecule has 1 aromatic carbocycles. The minimum Gasteiger partial charge on any atom is -0.383 e. The number of fused-ring (bicyclic) bond motifs is 2. The maximum atomic E-state index is 13.4. The van der Waals surface area contributed by atoms with Crippen LogP contribution >= 0.6 is 11.6 Å². The second-order valence-corrected chi connectivity index (χ2v) is 10.2. The van der Waals surface area contributed by atoms with Gasteiger partial charge in [-0.15, -0.1) is 0 Å². The highest BCUT2D eigenvalue weighted by Crippen LogP contribution is 2.45. The molecule has 1 atom stereocenters. The highest BCUT2D eigenvalue weighted by molar-refractivity contribution is 6.31. The number of nitrogens with zero attached hydrogens (tertiary/aromatic N) is 5. The monoisotopic (exact) mass is 503 g/mol. The number of hydrogen-bond acceptors (Lipinski definition) is 6. The summed E-state index contributed by atoms with van der Waals surface area (Å²) in [6.45, 7) is 2.14. The fourth-order valence-electron chi connectivity index (χ4n) is 5.61. The number of benzene rings is 1. The summed E-state index contributed by atoms with van der Waals surface area (Å²) in [5.41, 5.74) is 8.38. The SMILES string of the molecule is N#Cc1cc(-c2cc3n(n2)CCO[C@@]32CCN(C(=O)NC3(c4ccccc4Cl)CCC3)C2)cnc1N. The molecule has 1 saturated carbocycles. The smallest absolute Gasteiger partial charge is 0.318 e. The summed E-state index contributed by atoms with van der Waals surface area (Å²) in [7, 11) is 0. The van der Waals surface area contributed by atoms with Gasteiger partial charge in [-0.05, 0) is 43.0 Å². The Kier molecular flexibility index (Phi) is 5.39. The van der Waals surface area contributed by atoms with Crippen LogP contribution in [0.25, 0.3) is 11.3 Å². The van der Waals surface area contributed by atoms with Gasteiger partial charge in [-0.2, -0.15) is 10.4 Å². The molecule has 2 amide bonds. The van der Waals surface area contributed by atoms with Crippen LogP contribution in [-0.4, -0.2) is 45.4 Å². The predicted octanol–water partition coefficient (Wildman–Crippen LogP) is 3.77. The minimum absolute atomic E-state index is 0.103. The molecular formula is C26H26ClN7O2. The molecule has 184 valence electrons. The van der Waals surface area contributed by atoms with Gasteiger partial charge in [0.05, 0.1) is 42.2 Å². The van der Waals surface area contributed by atoms with E-state index in [9.17, 15) is 10.1 Å². The van der Waals surface area contributed by atoms with Crippen LogP contribution in [0.4, 0.5) is 10.6 Å². The standard InChI is InChI=1S/C26H26ClN7O2/c27-20-5-2-1-4-19(20)25(6-3-7-25)31-24(35)33-9-8-26(16-33)22-13-21(32-34(22)10-11-36-26)18-12-17(14-28)23(29)30-15-18/h1-2,4-5,12-13,15H,3,6-11,16H2,(H2,29,30)(H,31,35)/t26-/m1/s1. The molecule has 2 fully saturated rings. The van der Waals surface area contributed by atoms with Gasteiger partial charge in [-0.3, -0.25) is 4.68 Å². The van der Waals surface area contributed by atoms with Crippen molar-refractivity contribution in [2.75, 3.05) is 25.4 Å². The first-order valence-corrected chi connectivity index (χ1v) is 12.5. The number of likely N-dealkylation sites (tertiary alicyclic amines) is 1. The molecule has 1 saturated heterocycles. The van der Waals surface area contributed by atoms with Crippen molar-refractivity contribution in [2.45, 2.75) is 43.4 Å². The first-order valence-electron chi connectivity index (χ1n) is 12.1. The van der Waals surface area contributed by atoms with E-state index in [2.05, 4.69) is 16.4 Å². The van der Waals surface area contributed by atoms with Gasteiger partial charge in [0.2, 0.25) is 0 Å². The third kappa shape index (κ3) is 3.60. The molecule has 2 aromatic heterocycles. The second-order valence-electron chi connectivity index (χ2n) is 9.77. The van der Waals surface area contributed by atoms with Crippen LogP contribution in [0.1, 0.15) is 42.5 Å². The van der Waals surface area contributed by atoms with Gasteiger partial charge < -0.3 is 20.7 Å². The lowest BCUT2D eigenvalue weighted by Crippen LogP contribution is -2.55. The Hall–Kier alpha value is -3.61. The number of rotatable bonds is 3. The van der Waals surface area contributed by atoms with Crippen molar-refractivity contribution in [1.29, 1.82) is 5.26 Å². The Balaban J connectivity index is 1.24. The van der Waals surface area contributed by atoms with Gasteiger partial charge in [0, 0.05) is 29.7 Å². The number of ether oxygens (including phenoxy) is 1. The van der Waals surface area contributed by atoms with Crippen molar-refractivity contribution in [3.05, 3.63) is 64.4 Å². The Morgan fingerprint density at radius 3 is 2.81 bits per heavy atom. The lowest BCUT2D eigenvalue weighted by molar-refractivity contribution is -0.0703. The molecule has 3 aromatic rings. The normalized spacial score (nSPS) is 22.1. The second kappa shape index (κ2) is 8.50. The first-order chi connectivity index (χ1) is 17.4. The van der Waals surface area contributed by atoms with E-state index < -0.39 is 11.1 Å². The number of nitrogens with one attached hydrogen (secondary N) is 1. The quantitative estimate of drug-likeness (QED) is 0.561. The molecule has 9 nitrogen and oxygen atoms in total. The van der Waals surface area contributed by atoms with Crippen molar-refractivity contribution in [1.82, 2.24) is 25.0 Å². The van der Waals surface area contributed by atoms with Crippen LogP contribution in [0.15, 0.2) is 42.6 Å². The fraction of sp³-hybridized carbons (Fsp3) is 0.385. The highest BCUT2D eigenvalue weighted by Gasteiger charge is 2.49. The van der Waals surface area contributed by atoms with Crippen LogP contribution in [0, 0.1) is 11.3 Å². The van der Waals surface area contributed by atoms with E-state index in [1.165, 1.54) is 0 Å². The van der Waals surface area contributed by atoms with Crippen LogP contribution < -0.4 is 11.1 Å². The van der Waals surface area contributed by atoms with Crippen molar-refractivity contribution >= 4 is 23.4 Å². The number of carbonyl (C=O) groups excluding carboxylic acids is 1. The molecule has 6 rings (SSSR count). The number of nitriles is 1. The van der Waals surface area contributed by atoms with Gasteiger partial charge in [0.25, 0.3) is 0 Å². The van der Waals surface area contributed by atoms with Crippen molar-refractivity contribution in [2.24, 2.45) is 0 Å². The molecule has 0 unspecified atom stereocenters. The zero-order valence-electron chi connectivity index (χ0n) is 19.7. The Morgan fingerprint density at radius 2 is 2.06 bits per heavy atom. The van der Waals surface area contributed by atoms with E-state index in [0.717, 1.165) is 36.1 Å². The molecule has 3 N–H and O–H groups in total. The molecule has 0 bridgehead atoms. The van der Waals surface area contributed by atoms with E-state index in [1.54, 1.807) is 12.3 Å². The van der Waals surface area contributed by atoms with Crippen LogP contribution in [0.2, 0.25) is 5.02 Å². The Bertz CT molecular complexity index is 1390. The molecule has 0 radical (unpaired) electrons. The molecule has 4 heterocycles. The highest BCUT2D eigenvalue weighted by atomic mass is 35.5. The first kappa shape index (κ1) is 22.8. The number of nitrogens with two attached hydrogens (primary N) is 1. The molecule has 36 heavy (non-hydrogen) atoms. The lowest BCUT2D eigenvalue weighted by Gasteiger charge is -2.44. The summed E-state index contributed by atoms with van der Waals surface area (Å²) < 4.78 is 8.27. The van der Waals surface area contributed by atoms with Crippen molar-refractivity contribution in [3.8, 4) is 17.3 Å². The summed E-state index contributed by atoms with van der Waals surface area (Å²) >= 11 is 6.49. The number of halogens is 1. The number of carbonyl (C=O) groups is 1. The molecule has 1 spiro atoms. The van der Waals surface area contributed by atoms with E-state index in [4.69, 9.17) is 27.2 Å². The largest absolute Gasteiger partial charge is 0.383 e. The van der Waals surface area contributed by atoms with Crippen LogP contribution in [0.5, 0.6) is 0 Å². The van der Waals surface area contributed by atoms with E-state index in [-0.39, 0.29) is 11.8 Å². The number of hydrogen-bond donors (Lipinski definition) is 2. The predicted molar refractivity (Wildman–Crippen MR) is 134 cm³/mol. The zero-order chi connectivity index (χ0) is 24.9. The zero-order valence-corrected chi connectivity index (χ0v) is 20.5.